The first-order valence-corrected chi connectivity index (χ1v) is 15.0. The van der Waals surface area contributed by atoms with Gasteiger partial charge in [0.15, 0.2) is 23.0 Å². The van der Waals surface area contributed by atoms with Gasteiger partial charge in [-0.15, -0.1) is 13.2 Å². The zero-order valence-electron chi connectivity index (χ0n) is 24.4. The van der Waals surface area contributed by atoms with E-state index in [4.69, 9.17) is 27.6 Å². The SMILES string of the molecule is C=CCc1cc(OC)c(OPOc2cccc(C)c2)c(-c2cc(CC=C)cc(OC)c2OPOc2ccccc2C)c1. The van der Waals surface area contributed by atoms with Crippen LogP contribution in [-0.2, 0) is 12.8 Å². The molecule has 218 valence electrons. The monoisotopic (exact) mass is 602 g/mol. The molecule has 4 aromatic rings. The summed E-state index contributed by atoms with van der Waals surface area (Å²) in [5.74, 6) is 3.69. The van der Waals surface area contributed by atoms with Crippen LogP contribution in [0.25, 0.3) is 11.1 Å². The van der Waals surface area contributed by atoms with Gasteiger partial charge in [-0.25, -0.2) is 0 Å². The van der Waals surface area contributed by atoms with Gasteiger partial charge in [0.25, 0.3) is 18.1 Å². The van der Waals surface area contributed by atoms with E-state index >= 15 is 0 Å². The Labute approximate surface area is 252 Å². The highest BCUT2D eigenvalue weighted by Gasteiger charge is 2.23. The van der Waals surface area contributed by atoms with E-state index in [9.17, 15) is 0 Å². The van der Waals surface area contributed by atoms with Crippen molar-refractivity contribution in [2.24, 2.45) is 0 Å². The highest BCUT2D eigenvalue weighted by Crippen LogP contribution is 2.50. The maximum Gasteiger partial charge on any atom is 0.275 e. The van der Waals surface area contributed by atoms with Gasteiger partial charge in [0.1, 0.15) is 11.5 Å². The predicted molar refractivity (Wildman–Crippen MR) is 174 cm³/mol. The molecular weight excluding hydrogens is 566 g/mol. The lowest BCUT2D eigenvalue weighted by atomic mass is 9.96. The average molecular weight is 603 g/mol. The third kappa shape index (κ3) is 7.85. The van der Waals surface area contributed by atoms with Crippen molar-refractivity contribution in [3.8, 4) is 45.6 Å². The van der Waals surface area contributed by atoms with E-state index in [2.05, 4.69) is 25.3 Å². The summed E-state index contributed by atoms with van der Waals surface area (Å²) >= 11 is 0. The van der Waals surface area contributed by atoms with E-state index in [1.807, 2.05) is 86.7 Å². The molecule has 0 radical (unpaired) electrons. The molecule has 4 rings (SSSR count). The van der Waals surface area contributed by atoms with Gasteiger partial charge in [0.2, 0.25) is 0 Å². The molecule has 8 heteroatoms. The standard InChI is InChI=1S/C34H36O6P2/c1-7-12-25-19-28(33(31(21-25)35-5)39-41-37-27-16-11-14-23(3)18-27)29-20-26(13-8-2)22-32(36-6)34(29)40-42-38-30-17-10-9-15-24(30)4/h7-11,14-22,41-42H,1-2,12-13H2,3-6H3. The van der Waals surface area contributed by atoms with Gasteiger partial charge in [-0.1, -0.05) is 42.5 Å². The molecule has 0 N–H and O–H groups in total. The molecule has 0 aromatic heterocycles. The molecule has 0 aliphatic heterocycles. The Morgan fingerprint density at radius 1 is 0.619 bits per heavy atom. The van der Waals surface area contributed by atoms with E-state index in [0.29, 0.717) is 35.8 Å². The maximum absolute atomic E-state index is 6.33. The Balaban J connectivity index is 1.78. The normalized spacial score (nSPS) is 11.0. The largest absolute Gasteiger partial charge is 0.493 e. The van der Waals surface area contributed by atoms with Gasteiger partial charge < -0.3 is 27.6 Å². The first kappa shape index (κ1) is 31.0. The van der Waals surface area contributed by atoms with Gasteiger partial charge in [-0.2, -0.15) is 0 Å². The van der Waals surface area contributed by atoms with Crippen LogP contribution < -0.4 is 27.6 Å². The van der Waals surface area contributed by atoms with Crippen LogP contribution in [0.2, 0.25) is 0 Å². The minimum atomic E-state index is -0.317. The highest BCUT2D eigenvalue weighted by molar-refractivity contribution is 7.27. The second-order valence-electron chi connectivity index (χ2n) is 9.49. The summed E-state index contributed by atoms with van der Waals surface area (Å²) in [4.78, 5) is 0. The number of aryl methyl sites for hydroxylation is 2. The van der Waals surface area contributed by atoms with E-state index < -0.39 is 0 Å². The fourth-order valence-electron chi connectivity index (χ4n) is 4.37. The van der Waals surface area contributed by atoms with E-state index in [1.54, 1.807) is 14.2 Å². The average Bonchev–Trinajstić information content (AvgIpc) is 2.99. The molecule has 0 amide bonds. The third-order valence-electron chi connectivity index (χ3n) is 6.40. The number of rotatable bonds is 15. The molecule has 6 nitrogen and oxygen atoms in total. The lowest BCUT2D eigenvalue weighted by molar-refractivity contribution is 0.391. The number of benzene rings is 4. The third-order valence-corrected chi connectivity index (χ3v) is 7.60. The van der Waals surface area contributed by atoms with Crippen molar-refractivity contribution in [2.75, 3.05) is 14.2 Å². The summed E-state index contributed by atoms with van der Waals surface area (Å²) in [6.07, 6.45) is 4.99. The van der Waals surface area contributed by atoms with Crippen LogP contribution in [-0.4, -0.2) is 14.2 Å². The van der Waals surface area contributed by atoms with Gasteiger partial charge in [0, 0.05) is 11.1 Å². The lowest BCUT2D eigenvalue weighted by Gasteiger charge is -2.21. The Morgan fingerprint density at radius 3 is 1.71 bits per heavy atom. The van der Waals surface area contributed by atoms with Crippen LogP contribution in [0.1, 0.15) is 22.3 Å². The number of para-hydroxylation sites is 1. The van der Waals surface area contributed by atoms with Crippen LogP contribution in [0, 0.1) is 13.8 Å². The van der Waals surface area contributed by atoms with Crippen molar-refractivity contribution in [3.05, 3.63) is 120 Å². The fraction of sp³-hybridized carbons (Fsp3) is 0.176. The van der Waals surface area contributed by atoms with Crippen molar-refractivity contribution in [1.82, 2.24) is 0 Å². The van der Waals surface area contributed by atoms with Crippen LogP contribution in [0.15, 0.2) is 98.1 Å². The van der Waals surface area contributed by atoms with E-state index in [0.717, 1.165) is 44.9 Å². The number of hydrogen-bond donors (Lipinski definition) is 0. The topological polar surface area (TPSA) is 55.4 Å². The van der Waals surface area contributed by atoms with Crippen molar-refractivity contribution in [2.45, 2.75) is 26.7 Å². The van der Waals surface area contributed by atoms with Crippen LogP contribution in [0.5, 0.6) is 34.5 Å². The summed E-state index contributed by atoms with van der Waals surface area (Å²) in [7, 11) is 2.61. The van der Waals surface area contributed by atoms with Gasteiger partial charge in [0.05, 0.1) is 14.2 Å². The number of allylic oxidation sites excluding steroid dienone is 2. The number of methoxy groups -OCH3 is 2. The lowest BCUT2D eigenvalue weighted by Crippen LogP contribution is -2.00. The Bertz CT molecular complexity index is 1530. The first-order valence-electron chi connectivity index (χ1n) is 13.4. The molecule has 0 bridgehead atoms. The van der Waals surface area contributed by atoms with Crippen molar-refractivity contribution in [3.63, 3.8) is 0 Å². The molecule has 0 heterocycles. The van der Waals surface area contributed by atoms with Crippen LogP contribution in [0.4, 0.5) is 0 Å². The van der Waals surface area contributed by atoms with Crippen molar-refractivity contribution >= 4 is 18.1 Å². The highest BCUT2D eigenvalue weighted by atomic mass is 31.1. The molecule has 0 saturated heterocycles. The molecular formula is C34H36O6P2. The molecule has 42 heavy (non-hydrogen) atoms. The molecule has 0 spiro atoms. The summed E-state index contributed by atoms with van der Waals surface area (Å²) in [6.45, 7) is 11.9. The molecule has 0 saturated carbocycles. The van der Waals surface area contributed by atoms with Crippen LogP contribution >= 0.6 is 18.1 Å². The molecule has 2 unspecified atom stereocenters. The second kappa shape index (κ2) is 15.3. The summed E-state index contributed by atoms with van der Waals surface area (Å²) in [5.41, 5.74) is 5.67. The minimum Gasteiger partial charge on any atom is -0.493 e. The Morgan fingerprint density at radius 2 is 1.19 bits per heavy atom. The quantitative estimate of drug-likeness (QED) is 0.0998. The predicted octanol–water partition coefficient (Wildman–Crippen LogP) is 9.38. The van der Waals surface area contributed by atoms with E-state index in [-0.39, 0.29) is 18.1 Å². The smallest absolute Gasteiger partial charge is 0.275 e. The molecule has 4 aromatic carbocycles. The van der Waals surface area contributed by atoms with Crippen molar-refractivity contribution < 1.29 is 27.6 Å². The van der Waals surface area contributed by atoms with Gasteiger partial charge in [-0.05, 0) is 91.4 Å². The Kier molecular flexibility index (Phi) is 11.3. The van der Waals surface area contributed by atoms with Crippen LogP contribution in [0.3, 0.4) is 0 Å². The Hall–Kier alpha value is -3.98. The van der Waals surface area contributed by atoms with Gasteiger partial charge in [-0.3, -0.25) is 0 Å². The molecule has 0 aliphatic rings. The zero-order valence-corrected chi connectivity index (χ0v) is 26.4. The van der Waals surface area contributed by atoms with E-state index in [1.165, 1.54) is 0 Å². The van der Waals surface area contributed by atoms with Crippen molar-refractivity contribution in [1.29, 1.82) is 0 Å². The second-order valence-corrected chi connectivity index (χ2v) is 10.6. The molecule has 2 atom stereocenters. The molecule has 0 aliphatic carbocycles. The zero-order chi connectivity index (χ0) is 29.9. The first-order chi connectivity index (χ1) is 20.5. The summed E-state index contributed by atoms with van der Waals surface area (Å²) in [5, 5.41) is 0. The maximum atomic E-state index is 6.33. The summed E-state index contributed by atoms with van der Waals surface area (Å²) in [6, 6.07) is 23.7. The fourth-order valence-corrected chi connectivity index (χ4v) is 5.58. The number of ether oxygens (including phenoxy) is 2. The van der Waals surface area contributed by atoms with Gasteiger partial charge >= 0.3 is 0 Å². The number of hydrogen-bond acceptors (Lipinski definition) is 6. The minimum absolute atomic E-state index is 0.317. The molecule has 0 fully saturated rings. The summed E-state index contributed by atoms with van der Waals surface area (Å²) < 4.78 is 36.3.